The molecule has 1 aromatic rings. The fourth-order valence-corrected chi connectivity index (χ4v) is 2.65. The number of carbonyl (C=O) groups excluding carboxylic acids is 1. The second-order valence-electron chi connectivity index (χ2n) is 5.93. The van der Waals surface area contributed by atoms with Crippen molar-refractivity contribution in [3.05, 3.63) is 29.6 Å². The van der Waals surface area contributed by atoms with Gasteiger partial charge in [0.1, 0.15) is 6.29 Å². The predicted octanol–water partition coefficient (Wildman–Crippen LogP) is -0.477. The maximum absolute atomic E-state index is 11.0. The minimum atomic E-state index is -0.826. The fraction of sp³-hybridized carbons (Fsp3) is 0.588. The highest BCUT2D eigenvalue weighted by Crippen LogP contribution is 2.08. The van der Waals surface area contributed by atoms with Crippen molar-refractivity contribution in [1.29, 1.82) is 0 Å². The number of hydrogen-bond donors (Lipinski definition) is 2. The number of aliphatic hydroxyl groups is 1. The maximum Gasteiger partial charge on any atom is 0.317 e. The molecule has 0 fully saturated rings. The molecule has 8 nitrogen and oxygen atoms in total. The number of fused-ring (bicyclic) bond motifs is 2. The molecule has 1 aliphatic rings. The Bertz CT molecular complexity index is 541. The lowest BCUT2D eigenvalue weighted by Crippen LogP contribution is -2.40. The van der Waals surface area contributed by atoms with Crippen LogP contribution in [-0.2, 0) is 22.7 Å². The molecule has 25 heavy (non-hydrogen) atoms. The van der Waals surface area contributed by atoms with Gasteiger partial charge >= 0.3 is 5.97 Å². The minimum absolute atomic E-state index is 0.0109. The number of rotatable bonds is 4. The molecule has 2 rings (SSSR count). The standard InChI is InChI=1S/C16H24N4O3.CH4O/c1-18-5-7-19(9-10-21)11-14-3-2-4-15(17-14)12-20(8-6-18)13-16(22)23;1-2/h2-4,10H,5-9,11-13H2,1H3,(H,22,23);2H,1H3. The number of likely N-dealkylation sites (N-methyl/N-ethyl adjacent to an activating group) is 1. The third kappa shape index (κ3) is 8.17. The zero-order chi connectivity index (χ0) is 18.7. The summed E-state index contributed by atoms with van der Waals surface area (Å²) in [5.41, 5.74) is 1.76. The van der Waals surface area contributed by atoms with E-state index in [-0.39, 0.29) is 6.54 Å². The largest absolute Gasteiger partial charge is 0.480 e. The molecule has 0 radical (unpaired) electrons. The molecule has 2 N–H and O–H groups in total. The first-order valence-corrected chi connectivity index (χ1v) is 8.25. The fourth-order valence-electron chi connectivity index (χ4n) is 2.65. The average molecular weight is 352 g/mol. The van der Waals surface area contributed by atoms with Crippen LogP contribution in [0.25, 0.3) is 0 Å². The van der Waals surface area contributed by atoms with Gasteiger partial charge in [0, 0.05) is 46.4 Å². The smallest absolute Gasteiger partial charge is 0.317 e. The maximum atomic E-state index is 11.0. The van der Waals surface area contributed by atoms with Gasteiger partial charge in [0.15, 0.2) is 0 Å². The third-order valence-corrected chi connectivity index (χ3v) is 3.92. The molecule has 1 aromatic heterocycles. The Morgan fingerprint density at radius 3 is 2.24 bits per heavy atom. The van der Waals surface area contributed by atoms with E-state index in [1.807, 2.05) is 30.1 Å². The Labute approximate surface area is 148 Å². The van der Waals surface area contributed by atoms with Crippen molar-refractivity contribution in [3.8, 4) is 0 Å². The molecular weight excluding hydrogens is 324 g/mol. The van der Waals surface area contributed by atoms with Crippen LogP contribution in [-0.4, -0.2) is 95.6 Å². The first kappa shape index (κ1) is 21.2. The van der Waals surface area contributed by atoms with Crippen molar-refractivity contribution >= 4 is 12.3 Å². The summed E-state index contributed by atoms with van der Waals surface area (Å²) in [5.74, 6) is -0.826. The number of carboxylic acids is 1. The minimum Gasteiger partial charge on any atom is -0.480 e. The second kappa shape index (κ2) is 11.6. The van der Waals surface area contributed by atoms with Gasteiger partial charge in [0.05, 0.1) is 24.5 Å². The zero-order valence-corrected chi connectivity index (χ0v) is 15.0. The van der Waals surface area contributed by atoms with Crippen LogP contribution < -0.4 is 0 Å². The van der Waals surface area contributed by atoms with E-state index in [2.05, 4.69) is 14.8 Å². The van der Waals surface area contributed by atoms with Crippen molar-refractivity contribution in [2.24, 2.45) is 0 Å². The molecule has 8 heteroatoms. The molecule has 0 unspecified atom stereocenters. The van der Waals surface area contributed by atoms with Gasteiger partial charge in [0.2, 0.25) is 0 Å². The van der Waals surface area contributed by atoms with Crippen LogP contribution in [0, 0.1) is 0 Å². The van der Waals surface area contributed by atoms with Gasteiger partial charge in [-0.15, -0.1) is 0 Å². The van der Waals surface area contributed by atoms with Crippen LogP contribution in [0.2, 0.25) is 0 Å². The van der Waals surface area contributed by atoms with Gasteiger partial charge in [0.25, 0.3) is 0 Å². The molecule has 0 amide bonds. The molecule has 0 saturated carbocycles. The van der Waals surface area contributed by atoms with Crippen LogP contribution >= 0.6 is 0 Å². The van der Waals surface area contributed by atoms with Crippen molar-refractivity contribution in [2.75, 3.05) is 53.4 Å². The monoisotopic (exact) mass is 352 g/mol. The lowest BCUT2D eigenvalue weighted by Gasteiger charge is -2.27. The van der Waals surface area contributed by atoms with E-state index >= 15 is 0 Å². The Balaban J connectivity index is 0.00000151. The van der Waals surface area contributed by atoms with E-state index in [1.54, 1.807) is 0 Å². The van der Waals surface area contributed by atoms with Crippen molar-refractivity contribution in [3.63, 3.8) is 0 Å². The van der Waals surface area contributed by atoms with Gasteiger partial charge in [-0.05, 0) is 19.2 Å². The first-order chi connectivity index (χ1) is 12.1. The van der Waals surface area contributed by atoms with Crippen LogP contribution in [0.3, 0.4) is 0 Å². The van der Waals surface area contributed by atoms with E-state index in [1.165, 1.54) is 0 Å². The summed E-state index contributed by atoms with van der Waals surface area (Å²) >= 11 is 0. The molecule has 0 aliphatic carbocycles. The van der Waals surface area contributed by atoms with Gasteiger partial charge < -0.3 is 19.9 Å². The van der Waals surface area contributed by atoms with E-state index in [0.717, 1.165) is 44.4 Å². The van der Waals surface area contributed by atoms with Crippen molar-refractivity contribution < 1.29 is 19.8 Å². The van der Waals surface area contributed by atoms with E-state index in [4.69, 9.17) is 10.2 Å². The Morgan fingerprint density at radius 1 is 1.12 bits per heavy atom. The summed E-state index contributed by atoms with van der Waals surface area (Å²) in [6, 6.07) is 5.80. The number of carboxylic acid groups (broad SMARTS) is 1. The normalized spacial score (nSPS) is 17.6. The van der Waals surface area contributed by atoms with Gasteiger partial charge in [-0.25, -0.2) is 0 Å². The highest BCUT2D eigenvalue weighted by molar-refractivity contribution is 5.69. The third-order valence-electron chi connectivity index (χ3n) is 3.92. The molecule has 0 spiro atoms. The Kier molecular flexibility index (Phi) is 9.86. The lowest BCUT2D eigenvalue weighted by molar-refractivity contribution is -0.138. The molecule has 2 heterocycles. The topological polar surface area (TPSA) is 97.2 Å². The number of carbonyl (C=O) groups is 2. The molecular formula is C17H28N4O4. The zero-order valence-electron chi connectivity index (χ0n) is 15.0. The van der Waals surface area contributed by atoms with E-state index < -0.39 is 5.97 Å². The summed E-state index contributed by atoms with van der Waals surface area (Å²) < 4.78 is 0. The molecule has 0 atom stereocenters. The van der Waals surface area contributed by atoms with Crippen LogP contribution in [0.1, 0.15) is 11.4 Å². The lowest BCUT2D eigenvalue weighted by atomic mass is 10.2. The van der Waals surface area contributed by atoms with Gasteiger partial charge in [-0.2, -0.15) is 0 Å². The van der Waals surface area contributed by atoms with Crippen LogP contribution in [0.5, 0.6) is 0 Å². The van der Waals surface area contributed by atoms with E-state index in [0.29, 0.717) is 26.2 Å². The van der Waals surface area contributed by atoms with Crippen LogP contribution in [0.15, 0.2) is 18.2 Å². The van der Waals surface area contributed by atoms with E-state index in [9.17, 15) is 9.59 Å². The van der Waals surface area contributed by atoms with Crippen LogP contribution in [0.4, 0.5) is 0 Å². The summed E-state index contributed by atoms with van der Waals surface area (Å²) in [7, 11) is 3.02. The Hall–Kier alpha value is -1.87. The summed E-state index contributed by atoms with van der Waals surface area (Å²) in [5, 5.41) is 16.1. The predicted molar refractivity (Wildman–Crippen MR) is 94.1 cm³/mol. The van der Waals surface area contributed by atoms with Crippen molar-refractivity contribution in [2.45, 2.75) is 13.1 Å². The highest BCUT2D eigenvalue weighted by Gasteiger charge is 2.15. The number of hydrogen-bond acceptors (Lipinski definition) is 7. The Morgan fingerprint density at radius 2 is 1.68 bits per heavy atom. The molecule has 0 aromatic carbocycles. The summed E-state index contributed by atoms with van der Waals surface area (Å²) in [6.07, 6.45) is 0.921. The molecule has 140 valence electrons. The number of pyridine rings is 1. The van der Waals surface area contributed by atoms with Gasteiger partial charge in [-0.1, -0.05) is 6.07 Å². The number of aromatic nitrogens is 1. The highest BCUT2D eigenvalue weighted by atomic mass is 16.4. The molecule has 1 aliphatic heterocycles. The quantitative estimate of drug-likeness (QED) is 0.702. The SMILES string of the molecule is CN1CCN(CC=O)Cc2cccc(n2)CN(CC(=O)O)CC1.CO. The average Bonchev–Trinajstić information content (AvgIpc) is 2.58. The molecule has 0 saturated heterocycles. The summed E-state index contributed by atoms with van der Waals surface area (Å²) in [6.45, 7) is 4.60. The number of aldehydes is 1. The summed E-state index contributed by atoms with van der Waals surface area (Å²) in [4.78, 5) is 32.7. The first-order valence-electron chi connectivity index (χ1n) is 8.25. The van der Waals surface area contributed by atoms with Crippen molar-refractivity contribution in [1.82, 2.24) is 19.7 Å². The number of aliphatic carboxylic acids is 1. The molecule has 2 bridgehead atoms. The van der Waals surface area contributed by atoms with Gasteiger partial charge in [-0.3, -0.25) is 19.6 Å². The number of aliphatic hydroxyl groups excluding tert-OH is 1. The number of nitrogens with zero attached hydrogens (tertiary/aromatic N) is 4. The second-order valence-corrected chi connectivity index (χ2v) is 5.93.